The molecule has 0 unspecified atom stereocenters. The fourth-order valence-corrected chi connectivity index (χ4v) is 1.71. The van der Waals surface area contributed by atoms with E-state index >= 15 is 0 Å². The molecule has 75 valence electrons. The fraction of sp³-hybridized carbons (Fsp3) is 0.231. The summed E-state index contributed by atoms with van der Waals surface area (Å²) in [5, 5.41) is 0. The van der Waals surface area contributed by atoms with Crippen molar-refractivity contribution in [2.24, 2.45) is 11.8 Å². The monoisotopic (exact) mass is 273 g/mol. The van der Waals surface area contributed by atoms with Crippen LogP contribution in [0.15, 0.2) is 60.7 Å². The van der Waals surface area contributed by atoms with E-state index in [1.807, 2.05) is 36.4 Å². The zero-order valence-corrected chi connectivity index (χ0v) is 9.61. The quantitative estimate of drug-likeness (QED) is 0.502. The van der Waals surface area contributed by atoms with Gasteiger partial charge in [-0.25, -0.2) is 0 Å². The van der Waals surface area contributed by atoms with Crippen LogP contribution in [-0.4, -0.2) is 0 Å². The van der Waals surface area contributed by atoms with Gasteiger partial charge in [0.25, 0.3) is 0 Å². The molecule has 14 heavy (non-hydrogen) atoms. The molecule has 0 nitrogen and oxygen atoms in total. The van der Waals surface area contributed by atoms with Gasteiger partial charge < -0.3 is 0 Å². The first-order valence-electron chi connectivity index (χ1n) is 4.82. The number of hydrogen-bond donors (Lipinski definition) is 0. The second-order valence-electron chi connectivity index (χ2n) is 3.49. The first kappa shape index (κ1) is 11.4. The third kappa shape index (κ3) is 3.23. The largest absolute Gasteiger partial charge is 0.0810 e. The summed E-state index contributed by atoms with van der Waals surface area (Å²) in [5.74, 6) is 1.62. The van der Waals surface area contributed by atoms with Gasteiger partial charge in [-0.2, -0.15) is 0 Å². The topological polar surface area (TPSA) is 0 Å². The van der Waals surface area contributed by atoms with Crippen molar-refractivity contribution in [2.75, 3.05) is 0 Å². The predicted molar refractivity (Wildman–Crippen MR) is 56.3 cm³/mol. The molecular weight excluding hydrogens is 259 g/mol. The molecule has 0 amide bonds. The maximum Gasteiger partial charge on any atom is 0 e. The summed E-state index contributed by atoms with van der Waals surface area (Å²) in [5.41, 5.74) is 0. The number of allylic oxidation sites excluding steroid dienone is 4. The van der Waals surface area contributed by atoms with Crippen molar-refractivity contribution in [3.63, 3.8) is 0 Å². The molecule has 0 atom stereocenters. The van der Waals surface area contributed by atoms with Gasteiger partial charge in [0.2, 0.25) is 0 Å². The molecule has 0 aromatic heterocycles. The van der Waals surface area contributed by atoms with Crippen LogP contribution in [-0.2, 0) is 19.5 Å². The van der Waals surface area contributed by atoms with Gasteiger partial charge in [-0.1, -0.05) is 60.7 Å². The van der Waals surface area contributed by atoms with Crippen LogP contribution < -0.4 is 0 Å². The molecule has 3 rings (SSSR count). The van der Waals surface area contributed by atoms with E-state index in [9.17, 15) is 0 Å². The molecular formula is C13H14Rh. The molecule has 1 aromatic rings. The molecule has 2 bridgehead atoms. The molecule has 0 saturated heterocycles. The van der Waals surface area contributed by atoms with Crippen LogP contribution >= 0.6 is 0 Å². The van der Waals surface area contributed by atoms with Crippen LogP contribution in [0.5, 0.6) is 0 Å². The molecule has 1 heteroatoms. The number of rotatable bonds is 0. The second-order valence-corrected chi connectivity index (χ2v) is 3.49. The van der Waals surface area contributed by atoms with Gasteiger partial charge in [0, 0.05) is 19.5 Å². The fourth-order valence-electron chi connectivity index (χ4n) is 1.71. The van der Waals surface area contributed by atoms with Crippen molar-refractivity contribution in [3.8, 4) is 0 Å². The standard InChI is InChI=1S/C7H8.C6H6.Rh/c1-2-7-4-3-6(1)5-7;1-2-4-6-5-3-1;/h1-4,6-7H,5H2;1-6H;. The molecule has 0 aliphatic heterocycles. The van der Waals surface area contributed by atoms with E-state index in [0.717, 1.165) is 11.8 Å². The molecule has 0 heterocycles. The van der Waals surface area contributed by atoms with Crippen molar-refractivity contribution in [3.05, 3.63) is 60.7 Å². The Labute approximate surface area is 98.5 Å². The molecule has 0 fully saturated rings. The second kappa shape index (κ2) is 5.93. The van der Waals surface area contributed by atoms with E-state index in [1.165, 1.54) is 6.42 Å². The van der Waals surface area contributed by atoms with Gasteiger partial charge in [-0.05, 0) is 18.3 Å². The minimum absolute atomic E-state index is 0. The third-order valence-corrected chi connectivity index (χ3v) is 2.42. The van der Waals surface area contributed by atoms with Crippen molar-refractivity contribution < 1.29 is 19.5 Å². The zero-order valence-electron chi connectivity index (χ0n) is 7.97. The summed E-state index contributed by atoms with van der Waals surface area (Å²) in [7, 11) is 0. The minimum Gasteiger partial charge on any atom is -0.0810 e. The maximum atomic E-state index is 2.30. The van der Waals surface area contributed by atoms with Crippen molar-refractivity contribution in [2.45, 2.75) is 6.42 Å². The maximum absolute atomic E-state index is 2.30. The smallest absolute Gasteiger partial charge is 0 e. The predicted octanol–water partition coefficient (Wildman–Crippen LogP) is 3.43. The van der Waals surface area contributed by atoms with E-state index in [0.29, 0.717) is 0 Å². The Hall–Kier alpha value is -0.677. The number of benzene rings is 1. The Morgan fingerprint density at radius 1 is 0.571 bits per heavy atom. The summed E-state index contributed by atoms with van der Waals surface area (Å²) < 4.78 is 0. The Bertz CT molecular complexity index is 246. The van der Waals surface area contributed by atoms with E-state index in [2.05, 4.69) is 24.3 Å². The van der Waals surface area contributed by atoms with E-state index in [4.69, 9.17) is 0 Å². The van der Waals surface area contributed by atoms with Crippen LogP contribution in [0.1, 0.15) is 6.42 Å². The molecule has 0 saturated carbocycles. The van der Waals surface area contributed by atoms with Crippen LogP contribution in [0.25, 0.3) is 0 Å². The van der Waals surface area contributed by atoms with E-state index in [-0.39, 0.29) is 19.5 Å². The summed E-state index contributed by atoms with van der Waals surface area (Å²) in [6.45, 7) is 0. The van der Waals surface area contributed by atoms with Gasteiger partial charge >= 0.3 is 0 Å². The average Bonchev–Trinajstić information content (AvgIpc) is 2.85. The SMILES string of the molecule is C1=CC2C=CC1C2.[Rh].c1ccccc1. The normalized spacial score (nSPS) is 25.1. The summed E-state index contributed by atoms with van der Waals surface area (Å²) in [6.07, 6.45) is 10.5. The third-order valence-electron chi connectivity index (χ3n) is 2.42. The van der Waals surface area contributed by atoms with E-state index in [1.54, 1.807) is 0 Å². The Morgan fingerprint density at radius 2 is 0.857 bits per heavy atom. The Balaban J connectivity index is 0.000000132. The molecule has 2 aliphatic carbocycles. The molecule has 0 N–H and O–H groups in total. The summed E-state index contributed by atoms with van der Waals surface area (Å²) >= 11 is 0. The molecule has 1 radical (unpaired) electrons. The van der Waals surface area contributed by atoms with Gasteiger partial charge in [0.15, 0.2) is 0 Å². The van der Waals surface area contributed by atoms with Crippen molar-refractivity contribution in [1.29, 1.82) is 0 Å². The number of hydrogen-bond acceptors (Lipinski definition) is 0. The number of fused-ring (bicyclic) bond motifs is 2. The van der Waals surface area contributed by atoms with Gasteiger partial charge in [0.1, 0.15) is 0 Å². The minimum atomic E-state index is 0. The summed E-state index contributed by atoms with van der Waals surface area (Å²) in [4.78, 5) is 0. The molecule has 1 aromatic carbocycles. The average molecular weight is 273 g/mol. The van der Waals surface area contributed by atoms with Crippen molar-refractivity contribution in [1.82, 2.24) is 0 Å². The van der Waals surface area contributed by atoms with Crippen LogP contribution in [0.2, 0.25) is 0 Å². The van der Waals surface area contributed by atoms with Crippen LogP contribution in [0.4, 0.5) is 0 Å². The van der Waals surface area contributed by atoms with Gasteiger partial charge in [-0.15, -0.1) is 0 Å². The molecule has 0 spiro atoms. The first-order valence-corrected chi connectivity index (χ1v) is 4.82. The van der Waals surface area contributed by atoms with Gasteiger partial charge in [-0.3, -0.25) is 0 Å². The van der Waals surface area contributed by atoms with E-state index < -0.39 is 0 Å². The molecule has 2 aliphatic rings. The first-order chi connectivity index (χ1) is 6.45. The summed E-state index contributed by atoms with van der Waals surface area (Å²) in [6, 6.07) is 12.0. The van der Waals surface area contributed by atoms with Gasteiger partial charge in [0.05, 0.1) is 0 Å². The Morgan fingerprint density at radius 3 is 1.00 bits per heavy atom. The van der Waals surface area contributed by atoms with Crippen molar-refractivity contribution >= 4 is 0 Å². The van der Waals surface area contributed by atoms with Crippen LogP contribution in [0.3, 0.4) is 0 Å². The zero-order chi connectivity index (χ0) is 8.93. The Kier molecular flexibility index (Phi) is 4.83. The van der Waals surface area contributed by atoms with Crippen LogP contribution in [0, 0.1) is 11.8 Å².